The summed E-state index contributed by atoms with van der Waals surface area (Å²) in [6.07, 6.45) is 0. The van der Waals surface area contributed by atoms with Gasteiger partial charge in [-0.1, -0.05) is 0 Å². The number of nitrogens with zero attached hydrogens (tertiary/aromatic N) is 1. The molecule has 0 unspecified atom stereocenters. The van der Waals surface area contributed by atoms with Crippen LogP contribution >= 0.6 is 0 Å². The summed E-state index contributed by atoms with van der Waals surface area (Å²) >= 11 is 0. The fourth-order valence-electron chi connectivity index (χ4n) is 1.80. The monoisotopic (exact) mass is 300 g/mol. The first-order valence-electron chi connectivity index (χ1n) is 5.86. The zero-order valence-electron chi connectivity index (χ0n) is 11.0. The molecule has 0 fully saturated rings. The van der Waals surface area contributed by atoms with Crippen molar-refractivity contribution in [3.8, 4) is 0 Å². The molecule has 0 spiro atoms. The third kappa shape index (κ3) is 2.67. The van der Waals surface area contributed by atoms with Crippen molar-refractivity contribution in [3.63, 3.8) is 0 Å². The van der Waals surface area contributed by atoms with Crippen LogP contribution < -0.4 is 5.43 Å². The summed E-state index contributed by atoms with van der Waals surface area (Å²) in [5.41, 5.74) is 5.63. The minimum absolute atomic E-state index is 0.390. The number of anilines is 1. The normalized spacial score (nSPS) is 11.8. The van der Waals surface area contributed by atoms with Gasteiger partial charge in [0.1, 0.15) is 0 Å². The highest BCUT2D eigenvalue weighted by atomic mass is 32.2. The lowest BCUT2D eigenvalue weighted by Crippen LogP contribution is -2.13. The number of benzene rings is 1. The number of rotatable bonds is 4. The Morgan fingerprint density at radius 3 is 1.95 bits per heavy atom. The summed E-state index contributed by atoms with van der Waals surface area (Å²) in [6, 6.07) is 9.09. The van der Waals surface area contributed by atoms with Gasteiger partial charge in [-0.2, -0.15) is 8.78 Å². The molecule has 2 aromatic rings. The van der Waals surface area contributed by atoms with E-state index in [1.807, 2.05) is 30.7 Å². The van der Waals surface area contributed by atoms with E-state index < -0.39 is 15.6 Å². The van der Waals surface area contributed by atoms with Gasteiger partial charge in [-0.3, -0.25) is 10.1 Å². The average Bonchev–Trinajstić information content (AvgIpc) is 2.71. The van der Waals surface area contributed by atoms with Crippen LogP contribution in [0, 0.1) is 13.8 Å². The Hall–Kier alpha value is -1.89. The van der Waals surface area contributed by atoms with Crippen molar-refractivity contribution in [2.24, 2.45) is 0 Å². The van der Waals surface area contributed by atoms with Crippen LogP contribution in [-0.2, 0) is 9.84 Å². The minimum atomic E-state index is -4.54. The number of hydrogen-bond donors (Lipinski definition) is 1. The molecule has 1 aromatic carbocycles. The van der Waals surface area contributed by atoms with Crippen molar-refractivity contribution < 1.29 is 17.2 Å². The van der Waals surface area contributed by atoms with Crippen LogP contribution in [0.3, 0.4) is 0 Å². The first-order valence-corrected chi connectivity index (χ1v) is 7.41. The van der Waals surface area contributed by atoms with Gasteiger partial charge in [-0.25, -0.2) is 8.42 Å². The molecule has 0 amide bonds. The molecule has 0 aliphatic heterocycles. The van der Waals surface area contributed by atoms with E-state index in [1.165, 1.54) is 12.1 Å². The van der Waals surface area contributed by atoms with Gasteiger partial charge in [-0.15, -0.1) is 0 Å². The molecule has 4 nitrogen and oxygen atoms in total. The summed E-state index contributed by atoms with van der Waals surface area (Å²) in [5.74, 6) is -3.41. The highest BCUT2D eigenvalue weighted by Gasteiger charge is 2.26. The van der Waals surface area contributed by atoms with Gasteiger partial charge in [0.25, 0.3) is 0 Å². The number of sulfone groups is 1. The van der Waals surface area contributed by atoms with E-state index in [2.05, 4.69) is 5.43 Å². The fraction of sp³-hybridized carbons (Fsp3) is 0.231. The molecule has 1 heterocycles. The summed E-state index contributed by atoms with van der Waals surface area (Å²) in [7, 11) is -4.54. The van der Waals surface area contributed by atoms with Crippen LogP contribution in [-0.4, -0.2) is 18.9 Å². The molecule has 0 saturated heterocycles. The Labute approximate surface area is 115 Å². The minimum Gasteiger partial charge on any atom is -0.294 e. The fourth-order valence-corrected chi connectivity index (χ4v) is 2.52. The Morgan fingerprint density at radius 2 is 1.50 bits per heavy atom. The Bertz CT molecular complexity index is 687. The quantitative estimate of drug-likeness (QED) is 0.944. The van der Waals surface area contributed by atoms with E-state index in [0.717, 1.165) is 23.5 Å². The van der Waals surface area contributed by atoms with Gasteiger partial charge in [0.05, 0.1) is 10.6 Å². The number of aryl methyl sites for hydroxylation is 2. The number of nitrogens with one attached hydrogen (secondary N) is 1. The van der Waals surface area contributed by atoms with Gasteiger partial charge >= 0.3 is 5.76 Å². The van der Waals surface area contributed by atoms with Crippen LogP contribution in [0.2, 0.25) is 0 Å². The molecule has 1 N–H and O–H groups in total. The average molecular weight is 300 g/mol. The maximum absolute atomic E-state index is 12.4. The van der Waals surface area contributed by atoms with Gasteiger partial charge in [-0.05, 0) is 50.2 Å². The maximum Gasteiger partial charge on any atom is 0.341 e. The zero-order valence-corrected chi connectivity index (χ0v) is 11.8. The number of aromatic nitrogens is 1. The van der Waals surface area contributed by atoms with Gasteiger partial charge in [0, 0.05) is 11.4 Å². The lowest BCUT2D eigenvalue weighted by atomic mass is 10.3. The summed E-state index contributed by atoms with van der Waals surface area (Å²) in [4.78, 5) is -0.390. The number of halogens is 2. The van der Waals surface area contributed by atoms with Crippen molar-refractivity contribution in [3.05, 3.63) is 47.8 Å². The molecule has 0 radical (unpaired) electrons. The van der Waals surface area contributed by atoms with E-state index in [9.17, 15) is 17.2 Å². The van der Waals surface area contributed by atoms with E-state index in [0.29, 0.717) is 5.69 Å². The highest BCUT2D eigenvalue weighted by molar-refractivity contribution is 7.91. The first kappa shape index (κ1) is 14.5. The molecule has 0 aliphatic rings. The highest BCUT2D eigenvalue weighted by Crippen LogP contribution is 2.20. The van der Waals surface area contributed by atoms with E-state index in [4.69, 9.17) is 0 Å². The second-order valence-corrected chi connectivity index (χ2v) is 6.31. The van der Waals surface area contributed by atoms with E-state index in [-0.39, 0.29) is 4.90 Å². The van der Waals surface area contributed by atoms with Crippen molar-refractivity contribution in [2.45, 2.75) is 24.5 Å². The van der Waals surface area contributed by atoms with Gasteiger partial charge < -0.3 is 0 Å². The lowest BCUT2D eigenvalue weighted by Gasteiger charge is -2.13. The molecule has 20 heavy (non-hydrogen) atoms. The smallest absolute Gasteiger partial charge is 0.294 e. The Kier molecular flexibility index (Phi) is 3.80. The molecule has 2 rings (SSSR count). The van der Waals surface area contributed by atoms with Crippen molar-refractivity contribution >= 4 is 15.5 Å². The SMILES string of the molecule is Cc1ccc(C)n1Nc1ccc(S(=O)(=O)C(F)F)cc1. The van der Waals surface area contributed by atoms with E-state index >= 15 is 0 Å². The topological polar surface area (TPSA) is 51.1 Å². The Morgan fingerprint density at radius 1 is 1.00 bits per heavy atom. The standard InChI is InChI=1S/C13H14F2N2O2S/c1-9-3-4-10(2)17(9)16-11-5-7-12(8-6-11)20(18,19)13(14)15/h3-8,13,16H,1-2H3. The molecule has 0 aliphatic carbocycles. The van der Waals surface area contributed by atoms with E-state index in [1.54, 1.807) is 0 Å². The van der Waals surface area contributed by atoms with Crippen LogP contribution in [0.15, 0.2) is 41.3 Å². The van der Waals surface area contributed by atoms with Crippen LogP contribution in [0.1, 0.15) is 11.4 Å². The lowest BCUT2D eigenvalue weighted by molar-refractivity contribution is 0.234. The second kappa shape index (κ2) is 5.24. The number of hydrogen-bond acceptors (Lipinski definition) is 3. The second-order valence-electron chi connectivity index (χ2n) is 4.39. The molecule has 0 bridgehead atoms. The maximum atomic E-state index is 12.4. The van der Waals surface area contributed by atoms with Crippen molar-refractivity contribution in [1.29, 1.82) is 0 Å². The predicted octanol–water partition coefficient (Wildman–Crippen LogP) is 2.98. The van der Waals surface area contributed by atoms with Gasteiger partial charge in [0.2, 0.25) is 9.84 Å². The first-order chi connectivity index (χ1) is 9.32. The molecule has 7 heteroatoms. The molecule has 1 aromatic heterocycles. The molecular weight excluding hydrogens is 286 g/mol. The van der Waals surface area contributed by atoms with Crippen LogP contribution in [0.25, 0.3) is 0 Å². The zero-order chi connectivity index (χ0) is 14.9. The van der Waals surface area contributed by atoms with Crippen molar-refractivity contribution in [1.82, 2.24) is 4.68 Å². The summed E-state index contributed by atoms with van der Waals surface area (Å²) < 4.78 is 49.2. The predicted molar refractivity (Wildman–Crippen MR) is 72.6 cm³/mol. The third-order valence-electron chi connectivity index (χ3n) is 2.93. The third-order valence-corrected chi connectivity index (χ3v) is 4.33. The largest absolute Gasteiger partial charge is 0.341 e. The molecule has 108 valence electrons. The number of alkyl halides is 2. The van der Waals surface area contributed by atoms with Crippen LogP contribution in [0.4, 0.5) is 14.5 Å². The van der Waals surface area contributed by atoms with Crippen LogP contribution in [0.5, 0.6) is 0 Å². The van der Waals surface area contributed by atoms with Crippen molar-refractivity contribution in [2.75, 3.05) is 5.43 Å². The van der Waals surface area contributed by atoms with Gasteiger partial charge in [0.15, 0.2) is 0 Å². The molecule has 0 atom stereocenters. The molecular formula is C13H14F2N2O2S. The summed E-state index contributed by atoms with van der Waals surface area (Å²) in [5, 5.41) is 0. The molecule has 0 saturated carbocycles. The Balaban J connectivity index is 2.26. The summed E-state index contributed by atoms with van der Waals surface area (Å²) in [6.45, 7) is 3.82.